The molecule has 0 heterocycles. The van der Waals surface area contributed by atoms with E-state index in [1.54, 1.807) is 19.1 Å². The van der Waals surface area contributed by atoms with Gasteiger partial charge < -0.3 is 15.1 Å². The molecule has 0 bridgehead atoms. The van der Waals surface area contributed by atoms with E-state index in [1.165, 1.54) is 12.1 Å². The molecule has 0 aromatic heterocycles. The second-order valence-corrected chi connectivity index (χ2v) is 4.13. The predicted molar refractivity (Wildman–Crippen MR) is 68.1 cm³/mol. The van der Waals surface area contributed by atoms with E-state index in [9.17, 15) is 9.59 Å². The van der Waals surface area contributed by atoms with Gasteiger partial charge in [-0.2, -0.15) is 0 Å². The lowest BCUT2D eigenvalue weighted by Crippen LogP contribution is -2.31. The maximum absolute atomic E-state index is 10.8. The number of anilines is 1. The number of rotatable bonds is 6. The molecule has 0 aliphatic heterocycles. The molecule has 0 aliphatic rings. The van der Waals surface area contributed by atoms with Crippen molar-refractivity contribution in [3.63, 3.8) is 0 Å². The zero-order valence-electron chi connectivity index (χ0n) is 10.5. The van der Waals surface area contributed by atoms with Gasteiger partial charge in [0, 0.05) is 18.8 Å². The largest absolute Gasteiger partial charge is 0.481 e. The standard InChI is InChI=1S/C13H17NO4/c1-3-14(8-9(2)12(15)16)11-6-4-10(5-7-11)13(17)18/h4-7,9H,3,8H2,1-2H3,(H,15,16)(H,17,18). The van der Waals surface area contributed by atoms with Gasteiger partial charge in [0.2, 0.25) is 0 Å². The van der Waals surface area contributed by atoms with Crippen LogP contribution >= 0.6 is 0 Å². The molecule has 0 aliphatic carbocycles. The Balaban J connectivity index is 2.82. The molecule has 0 spiro atoms. The second-order valence-electron chi connectivity index (χ2n) is 4.13. The van der Waals surface area contributed by atoms with Crippen LogP contribution < -0.4 is 4.90 Å². The third kappa shape index (κ3) is 3.48. The van der Waals surface area contributed by atoms with Crippen LogP contribution in [0.3, 0.4) is 0 Å². The highest BCUT2D eigenvalue weighted by Gasteiger charge is 2.15. The Bertz CT molecular complexity index is 427. The van der Waals surface area contributed by atoms with E-state index in [0.29, 0.717) is 13.1 Å². The molecule has 2 N–H and O–H groups in total. The fourth-order valence-corrected chi connectivity index (χ4v) is 1.64. The van der Waals surface area contributed by atoms with E-state index < -0.39 is 17.9 Å². The number of carbonyl (C=O) groups is 2. The first-order valence-corrected chi connectivity index (χ1v) is 5.76. The van der Waals surface area contributed by atoms with Gasteiger partial charge in [-0.1, -0.05) is 6.92 Å². The molecule has 0 saturated carbocycles. The van der Waals surface area contributed by atoms with Crippen LogP contribution in [0.5, 0.6) is 0 Å². The molecular weight excluding hydrogens is 234 g/mol. The zero-order chi connectivity index (χ0) is 13.7. The van der Waals surface area contributed by atoms with Crippen molar-refractivity contribution in [3.05, 3.63) is 29.8 Å². The summed E-state index contributed by atoms with van der Waals surface area (Å²) < 4.78 is 0. The van der Waals surface area contributed by atoms with Crippen LogP contribution in [0.1, 0.15) is 24.2 Å². The monoisotopic (exact) mass is 251 g/mol. The van der Waals surface area contributed by atoms with Gasteiger partial charge in [-0.3, -0.25) is 4.79 Å². The SMILES string of the molecule is CCN(CC(C)C(=O)O)c1ccc(C(=O)O)cc1. The van der Waals surface area contributed by atoms with Gasteiger partial charge in [0.25, 0.3) is 0 Å². The first-order chi connectivity index (χ1) is 8.45. The van der Waals surface area contributed by atoms with Crippen LogP contribution in [0.4, 0.5) is 5.69 Å². The van der Waals surface area contributed by atoms with Gasteiger partial charge in [-0.15, -0.1) is 0 Å². The molecule has 1 aromatic carbocycles. The summed E-state index contributed by atoms with van der Waals surface area (Å²) in [7, 11) is 0. The number of carboxylic acid groups (broad SMARTS) is 2. The van der Waals surface area contributed by atoms with Gasteiger partial charge in [0.1, 0.15) is 0 Å². The summed E-state index contributed by atoms with van der Waals surface area (Å²) in [5.74, 6) is -2.27. The zero-order valence-corrected chi connectivity index (χ0v) is 10.5. The van der Waals surface area contributed by atoms with Gasteiger partial charge in [0.05, 0.1) is 11.5 Å². The molecule has 1 atom stereocenters. The quantitative estimate of drug-likeness (QED) is 0.807. The summed E-state index contributed by atoms with van der Waals surface area (Å²) >= 11 is 0. The Morgan fingerprint density at radius 2 is 1.78 bits per heavy atom. The Morgan fingerprint density at radius 1 is 1.22 bits per heavy atom. The number of hydrogen-bond donors (Lipinski definition) is 2. The average Bonchev–Trinajstić information content (AvgIpc) is 2.35. The van der Waals surface area contributed by atoms with Crippen molar-refractivity contribution < 1.29 is 19.8 Å². The fourth-order valence-electron chi connectivity index (χ4n) is 1.64. The van der Waals surface area contributed by atoms with Crippen LogP contribution in [0.15, 0.2) is 24.3 Å². The highest BCUT2D eigenvalue weighted by atomic mass is 16.4. The molecular formula is C13H17NO4. The van der Waals surface area contributed by atoms with Gasteiger partial charge in [0.15, 0.2) is 0 Å². The minimum Gasteiger partial charge on any atom is -0.481 e. The van der Waals surface area contributed by atoms with Crippen LogP contribution in [-0.2, 0) is 4.79 Å². The Morgan fingerprint density at radius 3 is 2.17 bits per heavy atom. The molecule has 1 aromatic rings. The molecule has 5 nitrogen and oxygen atoms in total. The lowest BCUT2D eigenvalue weighted by atomic mass is 10.1. The van der Waals surface area contributed by atoms with E-state index >= 15 is 0 Å². The summed E-state index contributed by atoms with van der Waals surface area (Å²) in [6.45, 7) is 4.65. The van der Waals surface area contributed by atoms with Gasteiger partial charge in [-0.25, -0.2) is 4.79 Å². The third-order valence-corrected chi connectivity index (χ3v) is 2.78. The van der Waals surface area contributed by atoms with Crippen LogP contribution in [0, 0.1) is 5.92 Å². The predicted octanol–water partition coefficient (Wildman–Crippen LogP) is 1.93. The summed E-state index contributed by atoms with van der Waals surface area (Å²) in [6.07, 6.45) is 0. The van der Waals surface area contributed by atoms with Crippen molar-refractivity contribution in [1.82, 2.24) is 0 Å². The number of aliphatic carboxylic acids is 1. The van der Waals surface area contributed by atoms with E-state index in [0.717, 1.165) is 5.69 Å². The lowest BCUT2D eigenvalue weighted by Gasteiger charge is -2.25. The Kier molecular flexibility index (Phi) is 4.71. The fraction of sp³-hybridized carbons (Fsp3) is 0.385. The van der Waals surface area contributed by atoms with Gasteiger partial charge in [-0.05, 0) is 31.2 Å². The molecule has 5 heteroatoms. The number of carboxylic acids is 2. The molecule has 0 fully saturated rings. The summed E-state index contributed by atoms with van der Waals surface area (Å²) in [4.78, 5) is 23.5. The summed E-state index contributed by atoms with van der Waals surface area (Å²) in [5, 5.41) is 17.7. The molecule has 1 rings (SSSR count). The van der Waals surface area contributed by atoms with Crippen molar-refractivity contribution in [3.8, 4) is 0 Å². The smallest absolute Gasteiger partial charge is 0.335 e. The Labute approximate surface area is 106 Å². The van der Waals surface area contributed by atoms with E-state index in [1.807, 2.05) is 11.8 Å². The molecule has 18 heavy (non-hydrogen) atoms. The molecule has 0 radical (unpaired) electrons. The minimum atomic E-state index is -0.969. The second kappa shape index (κ2) is 6.05. The van der Waals surface area contributed by atoms with E-state index in [-0.39, 0.29) is 5.56 Å². The summed E-state index contributed by atoms with van der Waals surface area (Å²) in [5.41, 5.74) is 1.05. The van der Waals surface area contributed by atoms with Crippen molar-refractivity contribution in [2.45, 2.75) is 13.8 Å². The first kappa shape index (κ1) is 14.0. The topological polar surface area (TPSA) is 77.8 Å². The lowest BCUT2D eigenvalue weighted by molar-refractivity contribution is -0.140. The van der Waals surface area contributed by atoms with Crippen molar-refractivity contribution in [2.75, 3.05) is 18.0 Å². The maximum Gasteiger partial charge on any atom is 0.335 e. The van der Waals surface area contributed by atoms with Gasteiger partial charge >= 0.3 is 11.9 Å². The highest BCUT2D eigenvalue weighted by Crippen LogP contribution is 2.16. The normalized spacial score (nSPS) is 11.9. The maximum atomic E-state index is 10.8. The van der Waals surface area contributed by atoms with E-state index in [4.69, 9.17) is 10.2 Å². The van der Waals surface area contributed by atoms with Crippen LogP contribution in [-0.4, -0.2) is 35.2 Å². The third-order valence-electron chi connectivity index (χ3n) is 2.78. The molecule has 98 valence electrons. The van der Waals surface area contributed by atoms with E-state index in [2.05, 4.69) is 0 Å². The highest BCUT2D eigenvalue weighted by molar-refractivity contribution is 5.88. The summed E-state index contributed by atoms with van der Waals surface area (Å²) in [6, 6.07) is 6.43. The number of benzene rings is 1. The number of aromatic carboxylic acids is 1. The van der Waals surface area contributed by atoms with Crippen LogP contribution in [0.2, 0.25) is 0 Å². The molecule has 1 unspecified atom stereocenters. The molecule has 0 saturated heterocycles. The van der Waals surface area contributed by atoms with Crippen molar-refractivity contribution in [2.24, 2.45) is 5.92 Å². The van der Waals surface area contributed by atoms with Crippen LogP contribution in [0.25, 0.3) is 0 Å². The molecule has 0 amide bonds. The number of nitrogens with zero attached hydrogens (tertiary/aromatic N) is 1. The first-order valence-electron chi connectivity index (χ1n) is 5.76. The average molecular weight is 251 g/mol. The number of hydrogen-bond acceptors (Lipinski definition) is 3. The minimum absolute atomic E-state index is 0.223. The Hall–Kier alpha value is -2.04. The van der Waals surface area contributed by atoms with Crippen molar-refractivity contribution >= 4 is 17.6 Å². The van der Waals surface area contributed by atoms with Crippen molar-refractivity contribution in [1.29, 1.82) is 0 Å².